The molecule has 3 aromatic rings. The Morgan fingerprint density at radius 1 is 1.02 bits per heavy atom. The molecule has 0 amide bonds. The van der Waals surface area contributed by atoms with E-state index in [9.17, 15) is 13.2 Å². The van der Waals surface area contributed by atoms with E-state index in [1.54, 1.807) is 31.4 Å². The van der Waals surface area contributed by atoms with Crippen LogP contribution in [0.2, 0.25) is 5.02 Å². The van der Waals surface area contributed by atoms with Crippen LogP contribution in [0.5, 0.6) is 5.75 Å². The van der Waals surface area contributed by atoms with Crippen LogP contribution in [0.25, 0.3) is 0 Å². The predicted octanol–water partition coefficient (Wildman–Crippen LogP) is 6.05. The van der Waals surface area contributed by atoms with Crippen LogP contribution in [0, 0.1) is 5.41 Å². The van der Waals surface area contributed by atoms with Crippen LogP contribution in [0.3, 0.4) is 0 Å². The Balaban J connectivity index is 1.21. The number of hydrogen-bond acceptors (Lipinski definition) is 11. The second-order valence-corrected chi connectivity index (χ2v) is 16.0. The summed E-state index contributed by atoms with van der Waals surface area (Å²) >= 11 is 6.44. The van der Waals surface area contributed by atoms with Gasteiger partial charge in [0.25, 0.3) is 0 Å². The Kier molecular flexibility index (Phi) is 10.6. The first-order chi connectivity index (χ1) is 22.6. The quantitative estimate of drug-likeness (QED) is 0.240. The van der Waals surface area contributed by atoms with Crippen molar-refractivity contribution in [2.24, 2.45) is 5.41 Å². The zero-order valence-corrected chi connectivity index (χ0v) is 30.1. The number of hydrogen-bond donors (Lipinski definition) is 2. The smallest absolute Gasteiger partial charge is 0.320 e. The van der Waals surface area contributed by atoms with Crippen LogP contribution >= 0.6 is 11.6 Å². The number of benzene rings is 2. The number of halogens is 1. The van der Waals surface area contributed by atoms with Crippen molar-refractivity contribution >= 4 is 62.1 Å². The van der Waals surface area contributed by atoms with E-state index in [0.717, 1.165) is 63.8 Å². The summed E-state index contributed by atoms with van der Waals surface area (Å²) in [7, 11) is -0.367. The third-order valence-corrected chi connectivity index (χ3v) is 10.5. The lowest BCUT2D eigenvalue weighted by Gasteiger charge is -2.47. The van der Waals surface area contributed by atoms with Crippen molar-refractivity contribution in [2.45, 2.75) is 52.1 Å². The van der Waals surface area contributed by atoms with Crippen molar-refractivity contribution in [1.29, 1.82) is 0 Å². The van der Waals surface area contributed by atoms with E-state index in [-0.39, 0.29) is 11.0 Å². The minimum Gasteiger partial charge on any atom is -0.494 e. The average Bonchev–Trinajstić information content (AvgIpc) is 3.03. The number of carbonyl (C=O) groups excluding carboxylic acids is 1. The molecule has 260 valence electrons. The molecule has 12 nitrogen and oxygen atoms in total. The van der Waals surface area contributed by atoms with E-state index in [0.29, 0.717) is 46.5 Å². The molecule has 48 heavy (non-hydrogen) atoms. The zero-order chi connectivity index (χ0) is 34.7. The van der Waals surface area contributed by atoms with Crippen LogP contribution in [-0.2, 0) is 19.6 Å². The normalized spacial score (nSPS) is 16.8. The number of aromatic nitrogens is 2. The first-order valence-electron chi connectivity index (χ1n) is 16.1. The third kappa shape index (κ3) is 8.80. The molecule has 1 spiro atoms. The lowest BCUT2D eigenvalue weighted by atomic mass is 9.71. The van der Waals surface area contributed by atoms with Gasteiger partial charge in [-0.1, -0.05) is 23.7 Å². The number of nitrogens with zero attached hydrogens (tertiary/aromatic N) is 5. The Morgan fingerprint density at radius 3 is 2.33 bits per heavy atom. The fourth-order valence-electron chi connectivity index (χ4n) is 6.26. The summed E-state index contributed by atoms with van der Waals surface area (Å²) in [6.07, 6.45) is 7.02. The van der Waals surface area contributed by atoms with Gasteiger partial charge >= 0.3 is 5.97 Å². The van der Waals surface area contributed by atoms with Crippen molar-refractivity contribution in [2.75, 3.05) is 73.0 Å². The minimum atomic E-state index is -3.49. The molecule has 0 aliphatic carbocycles. The zero-order valence-electron chi connectivity index (χ0n) is 28.5. The van der Waals surface area contributed by atoms with Gasteiger partial charge in [0.15, 0.2) is 5.82 Å². The fourth-order valence-corrected chi connectivity index (χ4v) is 6.91. The number of esters is 1. The number of sulfonamides is 1. The summed E-state index contributed by atoms with van der Waals surface area (Å²) in [5, 5.41) is 6.66. The number of para-hydroxylation sites is 2. The van der Waals surface area contributed by atoms with Gasteiger partial charge in [-0.15, -0.1) is 0 Å². The number of anilines is 6. The molecular formula is C34H46ClN7O5S. The van der Waals surface area contributed by atoms with E-state index in [4.69, 9.17) is 21.1 Å². The standard InChI is InChI=1S/C34H46ClN7O5S/c1-33(2,3)47-30(43)23-41-17-13-34(14-18-41)15-19-42(20-16-34)24-11-12-27(29(21-24)46-5)38-32-36-22-25(35)31(39-32)37-26-9-7-8-10-28(26)40(4)48(6,44)45/h7-12,21-22H,13-20,23H2,1-6H3,(H2,36,37,38,39). The molecule has 14 heteroatoms. The van der Waals surface area contributed by atoms with Crippen LogP contribution in [0.1, 0.15) is 46.5 Å². The number of ether oxygens (including phenoxy) is 2. The number of carbonyl (C=O) groups is 1. The summed E-state index contributed by atoms with van der Waals surface area (Å²) < 4.78 is 36.9. The highest BCUT2D eigenvalue weighted by Crippen LogP contribution is 2.43. The van der Waals surface area contributed by atoms with Gasteiger partial charge in [-0.2, -0.15) is 4.98 Å². The van der Waals surface area contributed by atoms with Crippen molar-refractivity contribution in [1.82, 2.24) is 14.9 Å². The molecular weight excluding hydrogens is 654 g/mol. The minimum absolute atomic E-state index is 0.152. The van der Waals surface area contributed by atoms with Gasteiger partial charge in [-0.05, 0) is 89.2 Å². The Morgan fingerprint density at radius 2 is 1.69 bits per heavy atom. The van der Waals surface area contributed by atoms with Gasteiger partial charge in [-0.25, -0.2) is 13.4 Å². The maximum atomic E-state index is 12.3. The van der Waals surface area contributed by atoms with E-state index >= 15 is 0 Å². The van der Waals surface area contributed by atoms with Crippen LogP contribution in [-0.4, -0.2) is 88.0 Å². The molecule has 2 fully saturated rings. The molecule has 2 N–H and O–H groups in total. The molecule has 5 rings (SSSR count). The molecule has 0 radical (unpaired) electrons. The highest BCUT2D eigenvalue weighted by atomic mass is 35.5. The summed E-state index contributed by atoms with van der Waals surface area (Å²) in [5.74, 6) is 1.11. The molecule has 0 bridgehead atoms. The van der Waals surface area contributed by atoms with Gasteiger partial charge in [0.1, 0.15) is 16.4 Å². The summed E-state index contributed by atoms with van der Waals surface area (Å²) in [5.41, 5.74) is 2.60. The van der Waals surface area contributed by atoms with Crippen molar-refractivity contribution in [3.8, 4) is 5.75 Å². The van der Waals surface area contributed by atoms with Crippen molar-refractivity contribution in [3.05, 3.63) is 53.7 Å². The van der Waals surface area contributed by atoms with Crippen LogP contribution in [0.4, 0.5) is 34.5 Å². The number of nitrogens with one attached hydrogen (secondary N) is 2. The second kappa shape index (κ2) is 14.4. The lowest BCUT2D eigenvalue weighted by Crippen LogP contribution is -2.48. The number of rotatable bonds is 10. The maximum Gasteiger partial charge on any atom is 0.320 e. The molecule has 2 aliphatic rings. The van der Waals surface area contributed by atoms with Gasteiger partial charge < -0.3 is 25.0 Å². The first kappa shape index (κ1) is 35.5. The van der Waals surface area contributed by atoms with E-state index in [1.807, 2.05) is 32.9 Å². The monoisotopic (exact) mass is 699 g/mol. The van der Waals surface area contributed by atoms with Crippen molar-refractivity contribution < 1.29 is 22.7 Å². The SMILES string of the molecule is COc1cc(N2CCC3(CCN(CC(=O)OC(C)(C)C)CC3)CC2)ccc1Nc1ncc(Cl)c(Nc2ccccc2N(C)S(C)(=O)=O)n1. The Hall–Kier alpha value is -3.81. The summed E-state index contributed by atoms with van der Waals surface area (Å²) in [4.78, 5) is 25.9. The van der Waals surface area contributed by atoms with Crippen LogP contribution in [0.15, 0.2) is 48.7 Å². The highest BCUT2D eigenvalue weighted by Gasteiger charge is 2.38. The fraction of sp³-hybridized carbons (Fsp3) is 0.500. The Bertz CT molecular complexity index is 1710. The Labute approximate surface area is 288 Å². The van der Waals surface area contributed by atoms with Crippen molar-refractivity contribution in [3.63, 3.8) is 0 Å². The van der Waals surface area contributed by atoms with Crippen LogP contribution < -0.4 is 24.6 Å². The maximum absolute atomic E-state index is 12.3. The second-order valence-electron chi connectivity index (χ2n) is 13.6. The molecule has 0 atom stereocenters. The largest absolute Gasteiger partial charge is 0.494 e. The molecule has 0 saturated carbocycles. The number of likely N-dealkylation sites (tertiary alicyclic amines) is 1. The first-order valence-corrected chi connectivity index (χ1v) is 18.3. The molecule has 1 aromatic heterocycles. The van der Waals surface area contributed by atoms with Gasteiger partial charge in [-0.3, -0.25) is 14.0 Å². The van der Waals surface area contributed by atoms with Gasteiger partial charge in [0, 0.05) is 31.9 Å². The van der Waals surface area contributed by atoms with E-state index in [2.05, 4.69) is 36.5 Å². The summed E-state index contributed by atoms with van der Waals surface area (Å²) in [6.45, 7) is 9.80. The molecule has 0 unspecified atom stereocenters. The lowest BCUT2D eigenvalue weighted by molar-refractivity contribution is -0.156. The topological polar surface area (TPSA) is 129 Å². The molecule has 2 aromatic carbocycles. The van der Waals surface area contributed by atoms with E-state index in [1.165, 1.54) is 17.5 Å². The predicted molar refractivity (Wildman–Crippen MR) is 192 cm³/mol. The average molecular weight is 700 g/mol. The van der Waals surface area contributed by atoms with E-state index < -0.39 is 15.6 Å². The molecule has 2 saturated heterocycles. The summed E-state index contributed by atoms with van der Waals surface area (Å²) in [6, 6.07) is 13.0. The number of methoxy groups -OCH3 is 1. The van der Waals surface area contributed by atoms with Gasteiger partial charge in [0.2, 0.25) is 16.0 Å². The molecule has 3 heterocycles. The number of piperidine rings is 2. The molecule has 2 aliphatic heterocycles. The third-order valence-electron chi connectivity index (χ3n) is 9.05. The van der Waals surface area contributed by atoms with Gasteiger partial charge in [0.05, 0.1) is 43.2 Å². The highest BCUT2D eigenvalue weighted by molar-refractivity contribution is 7.92.